The molecular formula is C15H32O4Si. The van der Waals surface area contributed by atoms with E-state index in [1.165, 1.54) is 45.6 Å². The predicted molar refractivity (Wildman–Crippen MR) is 84.2 cm³/mol. The molecule has 0 radical (unpaired) electrons. The van der Waals surface area contributed by atoms with E-state index in [4.69, 9.17) is 18.3 Å². The summed E-state index contributed by atoms with van der Waals surface area (Å²) in [7, 11) is -1.37. The van der Waals surface area contributed by atoms with Crippen LogP contribution in [0.25, 0.3) is 0 Å². The van der Waals surface area contributed by atoms with Crippen LogP contribution in [0.15, 0.2) is 12.3 Å². The van der Waals surface area contributed by atoms with Crippen LogP contribution in [-0.2, 0) is 18.3 Å². The van der Waals surface area contributed by atoms with E-state index >= 15 is 0 Å². The van der Waals surface area contributed by atoms with Crippen LogP contribution in [-0.4, -0.2) is 29.1 Å². The summed E-state index contributed by atoms with van der Waals surface area (Å²) in [5, 5.41) is 0. The highest BCUT2D eigenvalue weighted by Gasteiger charge is 2.39. The van der Waals surface area contributed by atoms with Gasteiger partial charge in [-0.15, -0.1) is 0 Å². The molecule has 0 aromatic heterocycles. The van der Waals surface area contributed by atoms with E-state index in [1.807, 2.05) is 0 Å². The fourth-order valence-corrected chi connectivity index (χ4v) is 3.42. The Morgan fingerprint density at radius 1 is 0.850 bits per heavy atom. The molecule has 0 aliphatic carbocycles. The Morgan fingerprint density at radius 3 is 1.70 bits per heavy atom. The molecule has 0 aromatic carbocycles. The second kappa shape index (κ2) is 13.8. The summed E-state index contributed by atoms with van der Waals surface area (Å²) in [5.41, 5.74) is 1.65. The minimum absolute atomic E-state index is 0.635. The van der Waals surface area contributed by atoms with E-state index in [1.54, 1.807) is 5.70 Å². The van der Waals surface area contributed by atoms with Crippen molar-refractivity contribution in [2.24, 2.45) is 0 Å². The number of unbranched alkanes of at least 4 members (excludes halogenated alkanes) is 6. The van der Waals surface area contributed by atoms with Gasteiger partial charge in [0.1, 0.15) is 0 Å². The van der Waals surface area contributed by atoms with Gasteiger partial charge >= 0.3 is 8.80 Å². The second-order valence-corrected chi connectivity index (χ2v) is 7.24. The van der Waals surface area contributed by atoms with Crippen molar-refractivity contribution in [1.82, 2.24) is 0 Å². The zero-order valence-corrected chi connectivity index (χ0v) is 14.5. The van der Waals surface area contributed by atoms with Gasteiger partial charge in [0.05, 0.1) is 7.11 Å². The second-order valence-electron chi connectivity index (χ2n) is 4.88. The normalized spacial score (nSPS) is 11.8. The lowest BCUT2D eigenvalue weighted by Gasteiger charge is -2.24. The van der Waals surface area contributed by atoms with Gasteiger partial charge in [0.15, 0.2) is 0 Å². The number of rotatable bonds is 15. The summed E-state index contributed by atoms with van der Waals surface area (Å²) >= 11 is 0. The van der Waals surface area contributed by atoms with Crippen LogP contribution >= 0.6 is 0 Å². The van der Waals surface area contributed by atoms with Crippen molar-refractivity contribution >= 4 is 8.80 Å². The Hall–Kier alpha value is -0.203. The largest absolute Gasteiger partial charge is 0.557 e. The van der Waals surface area contributed by atoms with Gasteiger partial charge in [-0.2, -0.15) is 0 Å². The molecule has 0 amide bonds. The monoisotopic (exact) mass is 304 g/mol. The predicted octanol–water partition coefficient (Wildman–Crippen LogP) is 4.42. The maximum absolute atomic E-state index is 5.82. The molecule has 0 fully saturated rings. The molecule has 0 N–H and O–H groups in total. The molecule has 20 heavy (non-hydrogen) atoms. The zero-order chi connectivity index (χ0) is 15.1. The Balaban J connectivity index is 4.03. The molecule has 0 atom stereocenters. The molecule has 0 aliphatic heterocycles. The van der Waals surface area contributed by atoms with E-state index in [0.717, 1.165) is 12.8 Å². The van der Waals surface area contributed by atoms with Crippen LogP contribution in [0.4, 0.5) is 0 Å². The van der Waals surface area contributed by atoms with E-state index in [-0.39, 0.29) is 0 Å². The fraction of sp³-hybridized carbons (Fsp3) is 0.867. The number of hydrogen-bond donors (Lipinski definition) is 0. The molecule has 120 valence electrons. The van der Waals surface area contributed by atoms with Crippen LogP contribution in [0.2, 0.25) is 0 Å². The first-order valence-electron chi connectivity index (χ1n) is 7.88. The standard InChI is InChI=1S/C15H32O4Si/c1-5-8-10-12-14-17-20(7-3,19-16-4)18-15-13-11-9-6-2/h7H,3,5-6,8-15H2,1-2,4H3. The molecule has 0 unspecified atom stereocenters. The minimum Gasteiger partial charge on any atom is -0.369 e. The summed E-state index contributed by atoms with van der Waals surface area (Å²) in [4.78, 5) is 4.80. The minimum atomic E-state index is -2.85. The van der Waals surface area contributed by atoms with Crippen molar-refractivity contribution in [3.8, 4) is 0 Å². The average molecular weight is 305 g/mol. The highest BCUT2D eigenvalue weighted by atomic mass is 28.4. The Kier molecular flexibility index (Phi) is 13.6. The van der Waals surface area contributed by atoms with Crippen LogP contribution in [0.3, 0.4) is 0 Å². The van der Waals surface area contributed by atoms with Crippen molar-refractivity contribution in [2.45, 2.75) is 65.2 Å². The highest BCUT2D eigenvalue weighted by Crippen LogP contribution is 2.14. The van der Waals surface area contributed by atoms with Gasteiger partial charge in [0.25, 0.3) is 0 Å². The molecule has 5 heteroatoms. The quantitative estimate of drug-likeness (QED) is 0.194. The van der Waals surface area contributed by atoms with E-state index in [2.05, 4.69) is 20.4 Å². The molecular weight excluding hydrogens is 272 g/mol. The lowest BCUT2D eigenvalue weighted by atomic mass is 10.2. The first-order chi connectivity index (χ1) is 9.74. The molecule has 4 nitrogen and oxygen atoms in total. The van der Waals surface area contributed by atoms with Gasteiger partial charge in [0.2, 0.25) is 0 Å². The van der Waals surface area contributed by atoms with Crippen LogP contribution in [0.5, 0.6) is 0 Å². The first kappa shape index (κ1) is 19.8. The zero-order valence-electron chi connectivity index (χ0n) is 13.5. The summed E-state index contributed by atoms with van der Waals surface area (Å²) in [6, 6.07) is 0. The van der Waals surface area contributed by atoms with Crippen molar-refractivity contribution in [2.75, 3.05) is 20.3 Å². The molecule has 0 bridgehead atoms. The van der Waals surface area contributed by atoms with Crippen molar-refractivity contribution in [3.63, 3.8) is 0 Å². The highest BCUT2D eigenvalue weighted by molar-refractivity contribution is 6.65. The summed E-state index contributed by atoms with van der Waals surface area (Å²) in [6.07, 6.45) is 9.26. The number of hydrogen-bond acceptors (Lipinski definition) is 4. The third kappa shape index (κ3) is 9.66. The van der Waals surface area contributed by atoms with Crippen molar-refractivity contribution < 1.29 is 18.3 Å². The SMILES string of the molecule is C=C[Si](OCCCCCC)(OCCCCCC)OOC. The van der Waals surface area contributed by atoms with Gasteiger partial charge in [-0.3, -0.25) is 0 Å². The van der Waals surface area contributed by atoms with Crippen LogP contribution in [0, 0.1) is 0 Å². The molecule has 0 spiro atoms. The molecule has 0 heterocycles. The first-order valence-corrected chi connectivity index (χ1v) is 9.68. The third-order valence-corrected chi connectivity index (χ3v) is 5.16. The van der Waals surface area contributed by atoms with E-state index in [0.29, 0.717) is 13.2 Å². The van der Waals surface area contributed by atoms with Crippen molar-refractivity contribution in [3.05, 3.63) is 12.3 Å². The van der Waals surface area contributed by atoms with E-state index < -0.39 is 8.80 Å². The van der Waals surface area contributed by atoms with E-state index in [9.17, 15) is 0 Å². The van der Waals surface area contributed by atoms with Gasteiger partial charge in [-0.1, -0.05) is 59.0 Å². The third-order valence-electron chi connectivity index (χ3n) is 3.05. The van der Waals surface area contributed by atoms with Gasteiger partial charge in [0, 0.05) is 13.2 Å². The summed E-state index contributed by atoms with van der Waals surface area (Å²) in [5.74, 6) is 0. The Labute approximate surface area is 125 Å². The average Bonchev–Trinajstić information content (AvgIpc) is 2.46. The van der Waals surface area contributed by atoms with Gasteiger partial charge in [-0.25, -0.2) is 9.46 Å². The molecule has 0 saturated carbocycles. The van der Waals surface area contributed by atoms with Gasteiger partial charge in [-0.05, 0) is 18.5 Å². The molecule has 0 saturated heterocycles. The maximum Gasteiger partial charge on any atom is 0.557 e. The Bertz CT molecular complexity index is 210. The van der Waals surface area contributed by atoms with Gasteiger partial charge < -0.3 is 8.85 Å². The fourth-order valence-electron chi connectivity index (χ4n) is 1.84. The van der Waals surface area contributed by atoms with Crippen LogP contribution in [0.1, 0.15) is 65.2 Å². The van der Waals surface area contributed by atoms with Crippen LogP contribution < -0.4 is 0 Å². The topological polar surface area (TPSA) is 36.9 Å². The lowest BCUT2D eigenvalue weighted by molar-refractivity contribution is -0.225. The molecule has 0 rings (SSSR count). The lowest BCUT2D eigenvalue weighted by Crippen LogP contribution is -2.44. The maximum atomic E-state index is 5.82. The van der Waals surface area contributed by atoms with Crippen molar-refractivity contribution in [1.29, 1.82) is 0 Å². The molecule has 0 aromatic rings. The summed E-state index contributed by atoms with van der Waals surface area (Å²) in [6.45, 7) is 9.44. The smallest absolute Gasteiger partial charge is 0.369 e. The Morgan fingerprint density at radius 2 is 1.35 bits per heavy atom. The molecule has 0 aliphatic rings. The summed E-state index contributed by atoms with van der Waals surface area (Å²) < 4.78 is 16.9.